The van der Waals surface area contributed by atoms with Gasteiger partial charge in [0.2, 0.25) is 5.91 Å². The Morgan fingerprint density at radius 1 is 1.47 bits per heavy atom. The molecule has 0 saturated carbocycles. The summed E-state index contributed by atoms with van der Waals surface area (Å²) in [5.74, 6) is 0.978. The first-order valence-corrected chi connectivity index (χ1v) is 6.83. The van der Waals surface area contributed by atoms with Crippen LogP contribution in [0.5, 0.6) is 0 Å². The highest BCUT2D eigenvalue weighted by atomic mass is 35.5. The molecule has 1 amide bonds. The number of carbonyl (C=O) groups is 1. The summed E-state index contributed by atoms with van der Waals surface area (Å²) >= 11 is 5.81. The highest BCUT2D eigenvalue weighted by molar-refractivity contribution is 6.30. The molecule has 1 aromatic rings. The summed E-state index contributed by atoms with van der Waals surface area (Å²) < 4.78 is 0. The molecule has 19 heavy (non-hydrogen) atoms. The van der Waals surface area contributed by atoms with Gasteiger partial charge >= 0.3 is 0 Å². The molecule has 2 rings (SSSR count). The second kappa shape index (κ2) is 6.73. The molecule has 0 spiro atoms. The number of aliphatic hydroxyl groups excluding tert-OH is 1. The van der Waals surface area contributed by atoms with Crippen LogP contribution in [0.2, 0.25) is 5.02 Å². The van der Waals surface area contributed by atoms with Crippen molar-refractivity contribution < 1.29 is 9.90 Å². The molecule has 6 heteroatoms. The van der Waals surface area contributed by atoms with E-state index in [4.69, 9.17) is 16.7 Å². The van der Waals surface area contributed by atoms with Crippen molar-refractivity contribution in [3.05, 3.63) is 23.4 Å². The van der Waals surface area contributed by atoms with Gasteiger partial charge in [0, 0.05) is 31.7 Å². The summed E-state index contributed by atoms with van der Waals surface area (Å²) in [6.45, 7) is 1.94. The number of aliphatic hydroxyl groups is 1. The van der Waals surface area contributed by atoms with Crippen LogP contribution >= 0.6 is 11.6 Å². The van der Waals surface area contributed by atoms with E-state index in [0.29, 0.717) is 11.6 Å². The Kier molecular flexibility index (Phi) is 4.99. The molecule has 1 fully saturated rings. The van der Waals surface area contributed by atoms with Crippen LogP contribution in [0.15, 0.2) is 18.3 Å². The number of hydrogen-bond acceptors (Lipinski definition) is 4. The molecule has 0 bridgehead atoms. The van der Waals surface area contributed by atoms with Crippen LogP contribution in [-0.2, 0) is 4.79 Å². The van der Waals surface area contributed by atoms with Crippen molar-refractivity contribution in [2.45, 2.75) is 12.8 Å². The van der Waals surface area contributed by atoms with Gasteiger partial charge in [-0.15, -0.1) is 0 Å². The number of hydrogen-bond donors (Lipinski definition) is 2. The molecule has 1 saturated heterocycles. The van der Waals surface area contributed by atoms with Gasteiger partial charge in [0.05, 0.1) is 11.6 Å². The van der Waals surface area contributed by atoms with Gasteiger partial charge in [-0.3, -0.25) is 4.79 Å². The van der Waals surface area contributed by atoms with Crippen LogP contribution in [0.4, 0.5) is 5.82 Å². The van der Waals surface area contributed by atoms with Crippen LogP contribution in [0, 0.1) is 5.92 Å². The Bertz CT molecular complexity index is 416. The Morgan fingerprint density at radius 3 is 2.79 bits per heavy atom. The summed E-state index contributed by atoms with van der Waals surface area (Å²) in [5.41, 5.74) is 0. The molecule has 0 aromatic carbocycles. The number of carbonyl (C=O) groups excluding carboxylic acids is 1. The summed E-state index contributed by atoms with van der Waals surface area (Å²) in [6, 6.07) is 3.72. The van der Waals surface area contributed by atoms with E-state index in [9.17, 15) is 4.79 Å². The maximum atomic E-state index is 11.8. The molecule has 2 heterocycles. The molecule has 0 radical (unpaired) electrons. The zero-order valence-corrected chi connectivity index (χ0v) is 11.4. The standard InChI is InChI=1S/C13H18ClN3O2/c14-11-1-2-12(16-9-11)17-6-3-10(4-7-17)13(19)15-5-8-18/h1-2,9-10,18H,3-8H2,(H,15,19). The fraction of sp³-hybridized carbons (Fsp3) is 0.538. The zero-order chi connectivity index (χ0) is 13.7. The van der Waals surface area contributed by atoms with Crippen molar-refractivity contribution in [2.75, 3.05) is 31.1 Å². The monoisotopic (exact) mass is 283 g/mol. The summed E-state index contributed by atoms with van der Waals surface area (Å²) in [4.78, 5) is 18.2. The number of aromatic nitrogens is 1. The van der Waals surface area contributed by atoms with Crippen molar-refractivity contribution in [1.29, 1.82) is 0 Å². The first kappa shape index (κ1) is 14.1. The van der Waals surface area contributed by atoms with Gasteiger partial charge < -0.3 is 15.3 Å². The van der Waals surface area contributed by atoms with E-state index in [2.05, 4.69) is 15.2 Å². The number of rotatable bonds is 4. The maximum Gasteiger partial charge on any atom is 0.223 e. The Morgan fingerprint density at radius 2 is 2.21 bits per heavy atom. The van der Waals surface area contributed by atoms with E-state index in [1.807, 2.05) is 12.1 Å². The third kappa shape index (κ3) is 3.81. The van der Waals surface area contributed by atoms with Gasteiger partial charge in [0.15, 0.2) is 0 Å². The minimum absolute atomic E-state index is 0.0146. The van der Waals surface area contributed by atoms with Gasteiger partial charge in [-0.1, -0.05) is 11.6 Å². The van der Waals surface area contributed by atoms with E-state index in [-0.39, 0.29) is 18.4 Å². The van der Waals surface area contributed by atoms with Crippen LogP contribution in [0.1, 0.15) is 12.8 Å². The molecule has 0 atom stereocenters. The van der Waals surface area contributed by atoms with Crippen LogP contribution in [0.25, 0.3) is 0 Å². The predicted molar refractivity (Wildman–Crippen MR) is 74.3 cm³/mol. The van der Waals surface area contributed by atoms with E-state index in [1.165, 1.54) is 0 Å². The second-order valence-corrected chi connectivity index (χ2v) is 5.05. The SMILES string of the molecule is O=C(NCCO)C1CCN(c2ccc(Cl)cn2)CC1. The number of anilines is 1. The van der Waals surface area contributed by atoms with E-state index >= 15 is 0 Å². The number of amides is 1. The number of piperidine rings is 1. The minimum atomic E-state index is -0.0146. The predicted octanol–water partition coefficient (Wildman–Crippen LogP) is 1.06. The summed E-state index contributed by atoms with van der Waals surface area (Å²) in [6.07, 6.45) is 3.25. The van der Waals surface area contributed by atoms with Crippen LogP contribution in [0.3, 0.4) is 0 Å². The molecule has 2 N–H and O–H groups in total. The van der Waals surface area contributed by atoms with Crippen molar-refractivity contribution in [3.8, 4) is 0 Å². The number of halogens is 1. The number of nitrogens with zero attached hydrogens (tertiary/aromatic N) is 2. The van der Waals surface area contributed by atoms with E-state index < -0.39 is 0 Å². The normalized spacial score (nSPS) is 16.4. The molecule has 104 valence electrons. The van der Waals surface area contributed by atoms with E-state index in [0.717, 1.165) is 31.7 Å². The molecular formula is C13H18ClN3O2. The molecule has 0 unspecified atom stereocenters. The smallest absolute Gasteiger partial charge is 0.223 e. The van der Waals surface area contributed by atoms with Gasteiger partial charge in [-0.05, 0) is 25.0 Å². The molecule has 1 aromatic heterocycles. The first-order valence-electron chi connectivity index (χ1n) is 6.46. The molecule has 0 aliphatic carbocycles. The third-order valence-corrected chi connectivity index (χ3v) is 3.54. The summed E-state index contributed by atoms with van der Waals surface area (Å²) in [5, 5.41) is 12.0. The lowest BCUT2D eigenvalue weighted by molar-refractivity contribution is -0.125. The molecule has 1 aliphatic rings. The maximum absolute atomic E-state index is 11.8. The van der Waals surface area contributed by atoms with E-state index in [1.54, 1.807) is 6.20 Å². The Hall–Kier alpha value is -1.33. The highest BCUT2D eigenvalue weighted by Crippen LogP contribution is 2.22. The quantitative estimate of drug-likeness (QED) is 0.867. The lowest BCUT2D eigenvalue weighted by Crippen LogP contribution is -2.41. The van der Waals surface area contributed by atoms with Crippen molar-refractivity contribution in [1.82, 2.24) is 10.3 Å². The fourth-order valence-electron chi connectivity index (χ4n) is 2.25. The largest absolute Gasteiger partial charge is 0.395 e. The average molecular weight is 284 g/mol. The third-order valence-electron chi connectivity index (χ3n) is 3.31. The molecular weight excluding hydrogens is 266 g/mol. The van der Waals surface area contributed by atoms with Crippen LogP contribution < -0.4 is 10.2 Å². The topological polar surface area (TPSA) is 65.5 Å². The Balaban J connectivity index is 1.85. The second-order valence-electron chi connectivity index (χ2n) is 4.61. The average Bonchev–Trinajstić information content (AvgIpc) is 2.46. The van der Waals surface area contributed by atoms with Gasteiger partial charge in [-0.25, -0.2) is 4.98 Å². The van der Waals surface area contributed by atoms with Crippen LogP contribution in [-0.4, -0.2) is 42.2 Å². The van der Waals surface area contributed by atoms with Crippen molar-refractivity contribution in [2.24, 2.45) is 5.92 Å². The van der Waals surface area contributed by atoms with Gasteiger partial charge in [0.25, 0.3) is 0 Å². The summed E-state index contributed by atoms with van der Waals surface area (Å²) in [7, 11) is 0. The molecule has 5 nitrogen and oxygen atoms in total. The van der Waals surface area contributed by atoms with Gasteiger partial charge in [0.1, 0.15) is 5.82 Å². The van der Waals surface area contributed by atoms with Crippen molar-refractivity contribution >= 4 is 23.3 Å². The fourth-order valence-corrected chi connectivity index (χ4v) is 2.36. The Labute approximate surface area is 117 Å². The number of nitrogens with one attached hydrogen (secondary N) is 1. The zero-order valence-electron chi connectivity index (χ0n) is 10.7. The number of pyridine rings is 1. The van der Waals surface area contributed by atoms with Crippen molar-refractivity contribution in [3.63, 3.8) is 0 Å². The lowest BCUT2D eigenvalue weighted by Gasteiger charge is -2.32. The molecule has 1 aliphatic heterocycles. The first-order chi connectivity index (χ1) is 9.20. The lowest BCUT2D eigenvalue weighted by atomic mass is 9.96. The van der Waals surface area contributed by atoms with Gasteiger partial charge in [-0.2, -0.15) is 0 Å². The minimum Gasteiger partial charge on any atom is -0.395 e. The highest BCUT2D eigenvalue weighted by Gasteiger charge is 2.25.